The van der Waals surface area contributed by atoms with Crippen molar-refractivity contribution in [2.75, 3.05) is 56.9 Å². The van der Waals surface area contributed by atoms with Gasteiger partial charge >= 0.3 is 0 Å². The molecule has 0 saturated carbocycles. The van der Waals surface area contributed by atoms with Crippen LogP contribution in [0.15, 0.2) is 61.6 Å². The minimum atomic E-state index is -3.25. The number of nitrogens with one attached hydrogen (secondary N) is 1. The molecule has 1 saturated heterocycles. The fourth-order valence-corrected chi connectivity index (χ4v) is 7.17. The van der Waals surface area contributed by atoms with Gasteiger partial charge in [0.2, 0.25) is 16.0 Å². The Morgan fingerprint density at radius 2 is 1.72 bits per heavy atom. The van der Waals surface area contributed by atoms with Crippen molar-refractivity contribution in [1.82, 2.24) is 23.7 Å². The summed E-state index contributed by atoms with van der Waals surface area (Å²) in [5.74, 6) is 0.958. The van der Waals surface area contributed by atoms with Crippen LogP contribution < -0.4 is 19.7 Å². The number of rotatable bonds is 10. The maximum Gasteiger partial charge on any atom is 0.229 e. The van der Waals surface area contributed by atoms with Crippen molar-refractivity contribution < 1.29 is 22.7 Å². The van der Waals surface area contributed by atoms with Gasteiger partial charge in [-0.05, 0) is 35.9 Å². The number of ketones is 1. The first-order chi connectivity index (χ1) is 22.5. The van der Waals surface area contributed by atoms with Gasteiger partial charge in [-0.25, -0.2) is 18.4 Å². The zero-order valence-electron chi connectivity index (χ0n) is 25.8. The average molecular weight is 697 g/mol. The highest BCUT2D eigenvalue weighted by atomic mass is 35.5. The van der Waals surface area contributed by atoms with Gasteiger partial charge in [-0.3, -0.25) is 9.20 Å². The predicted octanol–water partition coefficient (Wildman–Crippen LogP) is 5.39. The Balaban J connectivity index is 1.37. The molecule has 0 bridgehead atoms. The highest BCUT2D eigenvalue weighted by Gasteiger charge is 2.25. The summed E-state index contributed by atoms with van der Waals surface area (Å²) in [4.78, 5) is 28.5. The van der Waals surface area contributed by atoms with Crippen molar-refractivity contribution in [3.63, 3.8) is 0 Å². The quantitative estimate of drug-likeness (QED) is 0.190. The van der Waals surface area contributed by atoms with Gasteiger partial charge in [-0.1, -0.05) is 29.8 Å². The molecule has 4 heterocycles. The molecular weight excluding hydrogens is 665 g/mol. The minimum Gasteiger partial charge on any atom is -0.495 e. The van der Waals surface area contributed by atoms with E-state index in [1.165, 1.54) is 30.9 Å². The molecule has 1 N–H and O–H groups in total. The first kappa shape index (κ1) is 32.5. The third-order valence-corrected chi connectivity index (χ3v) is 10.1. The average Bonchev–Trinajstić information content (AvgIpc) is 3.56. The van der Waals surface area contributed by atoms with E-state index in [1.54, 1.807) is 24.7 Å². The van der Waals surface area contributed by atoms with Crippen LogP contribution in [-0.2, 0) is 21.2 Å². The van der Waals surface area contributed by atoms with Gasteiger partial charge in [-0.15, -0.1) is 0 Å². The van der Waals surface area contributed by atoms with Crippen LogP contribution in [0, 0.1) is 0 Å². The van der Waals surface area contributed by atoms with Gasteiger partial charge in [0.15, 0.2) is 11.4 Å². The number of piperazine rings is 1. The molecule has 3 aromatic heterocycles. The number of fused-ring (bicyclic) bond motifs is 3. The summed E-state index contributed by atoms with van der Waals surface area (Å²) in [5.41, 5.74) is 4.52. The number of sulfonamides is 1. The summed E-state index contributed by atoms with van der Waals surface area (Å²) in [6.07, 6.45) is 7.73. The molecule has 0 aliphatic carbocycles. The number of hydrogen-bond donors (Lipinski definition) is 1. The molecule has 0 atom stereocenters. The SMILES string of the molecule is C=CC(=O)Cc1cc(N2CCN(S(C)(=O)=O)CC2)ccc1Nc1ncc2cc(-c3c(Cl)c(OC)cc(OC)c3Cl)c3nccn3c2n1. The number of carbonyl (C=O) groups is 1. The summed E-state index contributed by atoms with van der Waals surface area (Å²) in [6, 6.07) is 9.21. The van der Waals surface area contributed by atoms with Gasteiger partial charge in [0.25, 0.3) is 0 Å². The molecule has 5 aromatic rings. The predicted molar refractivity (Wildman–Crippen MR) is 184 cm³/mol. The lowest BCUT2D eigenvalue weighted by Crippen LogP contribution is -2.48. The second-order valence-electron chi connectivity index (χ2n) is 10.9. The molecule has 1 aliphatic rings. The van der Waals surface area contributed by atoms with Gasteiger partial charge in [0.1, 0.15) is 17.1 Å². The van der Waals surface area contributed by atoms with Crippen LogP contribution in [0.1, 0.15) is 5.56 Å². The van der Waals surface area contributed by atoms with Crippen LogP contribution in [0.4, 0.5) is 17.3 Å². The number of halogens is 2. The molecule has 2 aromatic carbocycles. The van der Waals surface area contributed by atoms with Crippen molar-refractivity contribution in [3.8, 4) is 22.6 Å². The number of imidazole rings is 1. The summed E-state index contributed by atoms with van der Waals surface area (Å²) < 4.78 is 38.2. The number of carbonyl (C=O) groups excluding carboxylic acids is 1. The second kappa shape index (κ2) is 13.0. The maximum atomic E-state index is 12.5. The van der Waals surface area contributed by atoms with E-state index >= 15 is 0 Å². The molecular formula is C32H31Cl2N7O5S. The van der Waals surface area contributed by atoms with E-state index in [0.717, 1.165) is 11.3 Å². The van der Waals surface area contributed by atoms with Crippen molar-refractivity contribution in [1.29, 1.82) is 0 Å². The van der Waals surface area contributed by atoms with Crippen molar-refractivity contribution in [3.05, 3.63) is 77.2 Å². The molecule has 244 valence electrons. The Kier molecular flexibility index (Phi) is 8.99. The maximum absolute atomic E-state index is 12.5. The van der Waals surface area contributed by atoms with E-state index in [2.05, 4.69) is 26.8 Å². The highest BCUT2D eigenvalue weighted by Crippen LogP contribution is 2.47. The number of nitrogens with zero attached hydrogens (tertiary/aromatic N) is 6. The summed E-state index contributed by atoms with van der Waals surface area (Å²) in [5, 5.41) is 4.59. The van der Waals surface area contributed by atoms with Crippen LogP contribution in [-0.4, -0.2) is 84.5 Å². The number of allylic oxidation sites excluding steroid dienone is 1. The second-order valence-corrected chi connectivity index (χ2v) is 13.6. The standard InChI is InChI=1S/C32H31Cl2N7O5S/c1-5-22(42)15-19-14-21(39-10-12-40(13-11-39)47(4,43)44)6-7-24(19)37-32-36-18-20-16-23(31-35-8-9-41(31)30(20)38-32)27-28(33)25(45-2)17-26(46-3)29(27)34/h5-9,14,16-18H,1,10-13,15H2,2-4H3,(H,36,37,38). The first-order valence-corrected chi connectivity index (χ1v) is 17.1. The zero-order valence-corrected chi connectivity index (χ0v) is 28.2. The van der Waals surface area contributed by atoms with Crippen LogP contribution in [0.5, 0.6) is 11.5 Å². The Morgan fingerprint density at radius 3 is 2.36 bits per heavy atom. The van der Waals surface area contributed by atoms with Gasteiger partial charge < -0.3 is 19.7 Å². The summed E-state index contributed by atoms with van der Waals surface area (Å²) >= 11 is 13.5. The molecule has 0 unspecified atom stereocenters. The van der Waals surface area contributed by atoms with Crippen LogP contribution >= 0.6 is 23.2 Å². The topological polar surface area (TPSA) is 131 Å². The Hall–Kier alpha value is -4.43. The normalized spacial score (nSPS) is 14.0. The summed E-state index contributed by atoms with van der Waals surface area (Å²) in [7, 11) is -0.224. The molecule has 6 rings (SSSR count). The smallest absolute Gasteiger partial charge is 0.229 e. The number of ether oxygens (including phenoxy) is 2. The fraction of sp³-hybridized carbons (Fsp3) is 0.250. The molecule has 47 heavy (non-hydrogen) atoms. The fourth-order valence-electron chi connectivity index (χ4n) is 5.64. The number of anilines is 3. The summed E-state index contributed by atoms with van der Waals surface area (Å²) in [6.45, 7) is 5.46. The third-order valence-electron chi connectivity index (χ3n) is 8.05. The Bertz CT molecular complexity index is 2120. The number of aromatic nitrogens is 4. The lowest BCUT2D eigenvalue weighted by Gasteiger charge is -2.35. The number of methoxy groups -OCH3 is 2. The van der Waals surface area contributed by atoms with Gasteiger partial charge in [0.05, 0.1) is 30.5 Å². The Morgan fingerprint density at radius 1 is 1.02 bits per heavy atom. The van der Waals surface area contributed by atoms with Crippen molar-refractivity contribution in [2.24, 2.45) is 0 Å². The van der Waals surface area contributed by atoms with E-state index in [4.69, 9.17) is 37.7 Å². The number of pyridine rings is 1. The number of hydrogen-bond acceptors (Lipinski definition) is 10. The van der Waals surface area contributed by atoms with Crippen LogP contribution in [0.2, 0.25) is 10.0 Å². The minimum absolute atomic E-state index is 0.108. The lowest BCUT2D eigenvalue weighted by atomic mass is 10.0. The van der Waals surface area contributed by atoms with Crippen LogP contribution in [0.3, 0.4) is 0 Å². The monoisotopic (exact) mass is 695 g/mol. The van der Waals surface area contributed by atoms with E-state index in [-0.39, 0.29) is 12.2 Å². The number of benzene rings is 2. The highest BCUT2D eigenvalue weighted by molar-refractivity contribution is 7.88. The molecule has 1 aliphatic heterocycles. The van der Waals surface area contributed by atoms with E-state index in [1.807, 2.05) is 28.7 Å². The van der Waals surface area contributed by atoms with E-state index < -0.39 is 10.0 Å². The van der Waals surface area contributed by atoms with Crippen molar-refractivity contribution >= 4 is 73.0 Å². The van der Waals surface area contributed by atoms with Crippen molar-refractivity contribution in [2.45, 2.75) is 6.42 Å². The largest absolute Gasteiger partial charge is 0.495 e. The molecule has 0 radical (unpaired) electrons. The molecule has 1 fully saturated rings. The van der Waals surface area contributed by atoms with Gasteiger partial charge in [-0.2, -0.15) is 9.29 Å². The van der Waals surface area contributed by atoms with Crippen LogP contribution in [0.25, 0.3) is 27.8 Å². The Labute approximate surface area is 281 Å². The third kappa shape index (κ3) is 6.31. The zero-order chi connectivity index (χ0) is 33.5. The molecule has 0 spiro atoms. The first-order valence-electron chi connectivity index (χ1n) is 14.5. The lowest BCUT2D eigenvalue weighted by molar-refractivity contribution is -0.114. The van der Waals surface area contributed by atoms with E-state index in [0.29, 0.717) is 87.2 Å². The molecule has 15 heteroatoms. The molecule has 0 amide bonds. The van der Waals surface area contributed by atoms with E-state index in [9.17, 15) is 13.2 Å². The molecule has 12 nitrogen and oxygen atoms in total. The van der Waals surface area contributed by atoms with Gasteiger partial charge in [0, 0.05) is 85.1 Å².